The fourth-order valence-electron chi connectivity index (χ4n) is 1.54. The minimum absolute atomic E-state index is 0.280. The van der Waals surface area contributed by atoms with E-state index in [4.69, 9.17) is 21.9 Å². The first kappa shape index (κ1) is 11.7. The van der Waals surface area contributed by atoms with Gasteiger partial charge in [-0.1, -0.05) is 28.9 Å². The van der Waals surface area contributed by atoms with Crippen LogP contribution in [0.5, 0.6) is 0 Å². The maximum Gasteiger partial charge on any atom is 0.217 e. The predicted octanol–water partition coefficient (Wildman–Crippen LogP) is 2.41. The lowest BCUT2D eigenvalue weighted by Crippen LogP contribution is -2.11. The summed E-state index contributed by atoms with van der Waals surface area (Å²) in [6, 6.07) is 7.27. The second-order valence-corrected chi connectivity index (χ2v) is 4.10. The Kier molecular flexibility index (Phi) is 3.44. The molecule has 0 aliphatic carbocycles. The summed E-state index contributed by atoms with van der Waals surface area (Å²) in [7, 11) is 0. The van der Waals surface area contributed by atoms with E-state index in [1.54, 1.807) is 12.1 Å². The second-order valence-electron chi connectivity index (χ2n) is 3.66. The van der Waals surface area contributed by atoms with E-state index in [0.29, 0.717) is 11.4 Å². The van der Waals surface area contributed by atoms with Gasteiger partial charge in [0.1, 0.15) is 12.0 Å². The zero-order valence-corrected chi connectivity index (χ0v) is 9.78. The van der Waals surface area contributed by atoms with Gasteiger partial charge in [0.05, 0.1) is 0 Å². The monoisotopic (exact) mass is 250 g/mol. The number of hydrogen-bond acceptors (Lipinski definition) is 3. The number of carbonyl (C=O) groups excluding carboxylic acids is 1. The summed E-state index contributed by atoms with van der Waals surface area (Å²) in [5.74, 6) is -0.340. The standard InChI is InChI=1S/C12H11ClN2O2/c13-10-4-1-8(2-5-10)12-9(7-17-15-12)3-6-11(14)16/h1-2,4-5,7H,3,6H2,(H2,14,16). The van der Waals surface area contributed by atoms with E-state index in [1.165, 1.54) is 6.26 Å². The number of aryl methyl sites for hydroxylation is 1. The number of nitrogens with zero attached hydrogens (tertiary/aromatic N) is 1. The molecule has 1 aromatic heterocycles. The highest BCUT2D eigenvalue weighted by Gasteiger charge is 2.10. The van der Waals surface area contributed by atoms with Crippen molar-refractivity contribution < 1.29 is 9.32 Å². The summed E-state index contributed by atoms with van der Waals surface area (Å²) >= 11 is 5.81. The molecular weight excluding hydrogens is 240 g/mol. The second kappa shape index (κ2) is 5.01. The molecule has 0 fully saturated rings. The quantitative estimate of drug-likeness (QED) is 0.906. The van der Waals surface area contributed by atoms with E-state index in [0.717, 1.165) is 16.8 Å². The van der Waals surface area contributed by atoms with Crippen molar-refractivity contribution >= 4 is 17.5 Å². The molecule has 0 saturated heterocycles. The van der Waals surface area contributed by atoms with Gasteiger partial charge in [-0.15, -0.1) is 0 Å². The van der Waals surface area contributed by atoms with Crippen molar-refractivity contribution in [3.8, 4) is 11.3 Å². The third kappa shape index (κ3) is 2.85. The lowest BCUT2D eigenvalue weighted by Gasteiger charge is -2.00. The van der Waals surface area contributed by atoms with E-state index >= 15 is 0 Å². The number of aromatic nitrogens is 1. The predicted molar refractivity (Wildman–Crippen MR) is 64.5 cm³/mol. The lowest BCUT2D eigenvalue weighted by molar-refractivity contribution is -0.117. The van der Waals surface area contributed by atoms with Crippen molar-refractivity contribution in [1.29, 1.82) is 0 Å². The van der Waals surface area contributed by atoms with Crippen molar-refractivity contribution in [3.05, 3.63) is 41.1 Å². The SMILES string of the molecule is NC(=O)CCc1conc1-c1ccc(Cl)cc1. The number of benzene rings is 1. The van der Waals surface area contributed by atoms with E-state index in [1.807, 2.05) is 12.1 Å². The molecule has 0 unspecified atom stereocenters. The molecule has 2 rings (SSSR count). The molecule has 0 bridgehead atoms. The largest absolute Gasteiger partial charge is 0.370 e. The Bertz CT molecular complexity index is 520. The Morgan fingerprint density at radius 3 is 2.71 bits per heavy atom. The molecule has 4 nitrogen and oxygen atoms in total. The molecule has 17 heavy (non-hydrogen) atoms. The highest BCUT2D eigenvalue weighted by atomic mass is 35.5. The Morgan fingerprint density at radius 1 is 1.35 bits per heavy atom. The number of rotatable bonds is 4. The smallest absolute Gasteiger partial charge is 0.217 e. The molecule has 0 spiro atoms. The van der Waals surface area contributed by atoms with Gasteiger partial charge in [-0.05, 0) is 18.6 Å². The van der Waals surface area contributed by atoms with Crippen molar-refractivity contribution in [2.24, 2.45) is 5.73 Å². The van der Waals surface area contributed by atoms with Crippen LogP contribution in [0.15, 0.2) is 35.1 Å². The van der Waals surface area contributed by atoms with Crippen LogP contribution in [0.1, 0.15) is 12.0 Å². The van der Waals surface area contributed by atoms with Crippen molar-refractivity contribution in [2.75, 3.05) is 0 Å². The molecule has 2 aromatic rings. The third-order valence-corrected chi connectivity index (χ3v) is 2.65. The van der Waals surface area contributed by atoms with Crippen LogP contribution in [-0.2, 0) is 11.2 Å². The van der Waals surface area contributed by atoms with Gasteiger partial charge >= 0.3 is 0 Å². The molecule has 0 atom stereocenters. The van der Waals surface area contributed by atoms with Crippen LogP contribution in [0, 0.1) is 0 Å². The van der Waals surface area contributed by atoms with Crippen LogP contribution in [-0.4, -0.2) is 11.1 Å². The lowest BCUT2D eigenvalue weighted by atomic mass is 10.0. The van der Waals surface area contributed by atoms with Crippen LogP contribution >= 0.6 is 11.6 Å². The molecule has 5 heteroatoms. The number of primary amides is 1. The average Bonchev–Trinajstić information content (AvgIpc) is 2.75. The summed E-state index contributed by atoms with van der Waals surface area (Å²) in [6.07, 6.45) is 2.34. The zero-order chi connectivity index (χ0) is 12.3. The van der Waals surface area contributed by atoms with Crippen molar-refractivity contribution in [3.63, 3.8) is 0 Å². The Balaban J connectivity index is 2.24. The Morgan fingerprint density at radius 2 is 2.06 bits per heavy atom. The molecular formula is C12H11ClN2O2. The van der Waals surface area contributed by atoms with Gasteiger partial charge in [0.15, 0.2) is 0 Å². The maximum atomic E-state index is 10.7. The highest BCUT2D eigenvalue weighted by Crippen LogP contribution is 2.24. The van der Waals surface area contributed by atoms with Gasteiger partial charge in [0.25, 0.3) is 0 Å². The molecule has 1 amide bonds. The topological polar surface area (TPSA) is 69.1 Å². The summed E-state index contributed by atoms with van der Waals surface area (Å²) in [6.45, 7) is 0. The van der Waals surface area contributed by atoms with E-state index in [-0.39, 0.29) is 12.3 Å². The van der Waals surface area contributed by atoms with Gasteiger partial charge < -0.3 is 10.3 Å². The molecule has 2 N–H and O–H groups in total. The van der Waals surface area contributed by atoms with E-state index in [2.05, 4.69) is 5.16 Å². The number of hydrogen-bond donors (Lipinski definition) is 1. The zero-order valence-electron chi connectivity index (χ0n) is 9.02. The molecule has 1 heterocycles. The van der Waals surface area contributed by atoms with Crippen LogP contribution in [0.2, 0.25) is 5.02 Å². The number of amides is 1. The van der Waals surface area contributed by atoms with Crippen LogP contribution in [0.4, 0.5) is 0 Å². The minimum Gasteiger partial charge on any atom is -0.370 e. The number of nitrogens with two attached hydrogens (primary N) is 1. The van der Waals surface area contributed by atoms with Gasteiger partial charge in [-0.3, -0.25) is 4.79 Å². The Hall–Kier alpha value is -1.81. The number of halogens is 1. The molecule has 0 saturated carbocycles. The van der Waals surface area contributed by atoms with Crippen LogP contribution in [0.25, 0.3) is 11.3 Å². The maximum absolute atomic E-state index is 10.7. The van der Waals surface area contributed by atoms with E-state index in [9.17, 15) is 4.79 Å². The first-order chi connectivity index (χ1) is 8.16. The van der Waals surface area contributed by atoms with E-state index < -0.39 is 0 Å². The van der Waals surface area contributed by atoms with Crippen molar-refractivity contribution in [2.45, 2.75) is 12.8 Å². The first-order valence-electron chi connectivity index (χ1n) is 5.14. The number of carbonyl (C=O) groups is 1. The van der Waals surface area contributed by atoms with Crippen LogP contribution < -0.4 is 5.73 Å². The third-order valence-electron chi connectivity index (χ3n) is 2.40. The fraction of sp³-hybridized carbons (Fsp3) is 0.167. The molecule has 88 valence electrons. The fourth-order valence-corrected chi connectivity index (χ4v) is 1.66. The molecule has 0 aliphatic rings. The van der Waals surface area contributed by atoms with Crippen LogP contribution in [0.3, 0.4) is 0 Å². The normalized spacial score (nSPS) is 10.4. The van der Waals surface area contributed by atoms with Gasteiger partial charge in [-0.2, -0.15) is 0 Å². The summed E-state index contributed by atoms with van der Waals surface area (Å²) in [5.41, 5.74) is 7.61. The Labute approximate surface area is 103 Å². The van der Waals surface area contributed by atoms with Crippen molar-refractivity contribution in [1.82, 2.24) is 5.16 Å². The summed E-state index contributed by atoms with van der Waals surface area (Å²) in [4.78, 5) is 10.7. The van der Waals surface area contributed by atoms with Gasteiger partial charge in [0, 0.05) is 22.6 Å². The summed E-state index contributed by atoms with van der Waals surface area (Å²) in [5, 5.41) is 4.59. The summed E-state index contributed by atoms with van der Waals surface area (Å²) < 4.78 is 4.93. The molecule has 0 aliphatic heterocycles. The molecule has 0 radical (unpaired) electrons. The minimum atomic E-state index is -0.340. The molecule has 1 aromatic carbocycles. The average molecular weight is 251 g/mol. The first-order valence-corrected chi connectivity index (χ1v) is 5.52. The van der Waals surface area contributed by atoms with Gasteiger partial charge in [0.2, 0.25) is 5.91 Å². The highest BCUT2D eigenvalue weighted by molar-refractivity contribution is 6.30. The van der Waals surface area contributed by atoms with Gasteiger partial charge in [-0.25, -0.2) is 0 Å².